The Hall–Kier alpha value is -2.17. The normalized spacial score (nSPS) is 50.6. The zero-order valence-corrected chi connectivity index (χ0v) is 22.6. The van der Waals surface area contributed by atoms with Gasteiger partial charge in [-0.3, -0.25) is 9.88 Å². The molecule has 2 saturated carbocycles. The SMILES string of the molecule is C[C@]12CC=C3C=C4[C@H]5OC5[C@@H](N5C[C@H](O)[C@@H](O)C5)C[C@]45CCC3(O5)[C@@H]1C[C@@H](O)[C@]2(O)c1ccc2ccncc2c1. The molecule has 11 atom stereocenters. The minimum Gasteiger partial charge on any atom is -0.390 e. The van der Waals surface area contributed by atoms with Crippen molar-refractivity contribution in [3.63, 3.8) is 0 Å². The molecular formula is C32H36N2O6. The Balaban J connectivity index is 1.11. The third-order valence-corrected chi connectivity index (χ3v) is 12.1. The van der Waals surface area contributed by atoms with E-state index in [0.29, 0.717) is 25.9 Å². The van der Waals surface area contributed by atoms with Crippen LogP contribution in [0.15, 0.2) is 60.0 Å². The van der Waals surface area contributed by atoms with E-state index in [9.17, 15) is 20.4 Å². The fourth-order valence-electron chi connectivity index (χ4n) is 9.94. The van der Waals surface area contributed by atoms with Crippen LogP contribution in [0.25, 0.3) is 10.8 Å². The lowest BCUT2D eigenvalue weighted by Gasteiger charge is -2.55. The molecule has 3 aliphatic carbocycles. The van der Waals surface area contributed by atoms with Gasteiger partial charge in [0, 0.05) is 48.2 Å². The van der Waals surface area contributed by atoms with Gasteiger partial charge in [0.05, 0.1) is 29.5 Å². The third kappa shape index (κ3) is 2.79. The van der Waals surface area contributed by atoms with E-state index in [2.05, 4.69) is 29.0 Å². The number of epoxide rings is 1. The number of aliphatic hydroxyl groups is 4. The Morgan fingerprint density at radius 2 is 1.88 bits per heavy atom. The van der Waals surface area contributed by atoms with E-state index in [1.165, 1.54) is 11.1 Å². The smallest absolute Gasteiger partial charge is 0.121 e. The number of benzene rings is 1. The fraction of sp³-hybridized carbons (Fsp3) is 0.594. The topological polar surface area (TPSA) is 119 Å². The van der Waals surface area contributed by atoms with Crippen molar-refractivity contribution in [2.24, 2.45) is 11.3 Å². The first-order chi connectivity index (χ1) is 19.2. The molecule has 2 spiro atoms. The molecule has 2 aromatic rings. The number of β-amino-alcohol motifs (C(OH)–C–C–N with tert-alkyl or cyclic N) is 2. The van der Waals surface area contributed by atoms with Crippen LogP contribution in [0.3, 0.4) is 0 Å². The van der Waals surface area contributed by atoms with Crippen molar-refractivity contribution in [3.8, 4) is 0 Å². The highest BCUT2D eigenvalue weighted by Crippen LogP contribution is 2.71. The molecule has 40 heavy (non-hydrogen) atoms. The first-order valence-electron chi connectivity index (χ1n) is 14.8. The maximum Gasteiger partial charge on any atom is 0.121 e. The second-order valence-electron chi connectivity index (χ2n) is 13.8. The van der Waals surface area contributed by atoms with E-state index in [0.717, 1.165) is 35.6 Å². The van der Waals surface area contributed by atoms with Gasteiger partial charge >= 0.3 is 0 Å². The summed E-state index contributed by atoms with van der Waals surface area (Å²) in [6, 6.07) is 8.00. The number of allylic oxidation sites excluding steroid dienone is 1. The number of hydrogen-bond acceptors (Lipinski definition) is 8. The van der Waals surface area contributed by atoms with Crippen LogP contribution in [0.4, 0.5) is 0 Å². The zero-order valence-electron chi connectivity index (χ0n) is 22.6. The van der Waals surface area contributed by atoms with Gasteiger partial charge in [-0.25, -0.2) is 0 Å². The average Bonchev–Trinajstić information content (AvgIpc) is 3.54. The summed E-state index contributed by atoms with van der Waals surface area (Å²) in [7, 11) is 0. The molecule has 9 rings (SSSR count). The molecular weight excluding hydrogens is 508 g/mol. The minimum atomic E-state index is -1.43. The molecule has 5 fully saturated rings. The van der Waals surface area contributed by atoms with E-state index in [1.54, 1.807) is 6.20 Å². The van der Waals surface area contributed by atoms with Gasteiger partial charge in [-0.15, -0.1) is 0 Å². The van der Waals surface area contributed by atoms with Crippen LogP contribution in [0.1, 0.15) is 44.6 Å². The highest BCUT2D eigenvalue weighted by atomic mass is 16.6. The maximum atomic E-state index is 12.5. The van der Waals surface area contributed by atoms with E-state index >= 15 is 0 Å². The largest absolute Gasteiger partial charge is 0.390 e. The molecule has 2 unspecified atom stereocenters. The van der Waals surface area contributed by atoms with E-state index < -0.39 is 40.5 Å². The van der Waals surface area contributed by atoms with Crippen LogP contribution in [-0.2, 0) is 15.1 Å². The number of hydrogen-bond donors (Lipinski definition) is 4. The van der Waals surface area contributed by atoms with Crippen molar-refractivity contribution in [1.29, 1.82) is 0 Å². The Bertz CT molecular complexity index is 1500. The summed E-state index contributed by atoms with van der Waals surface area (Å²) >= 11 is 0. The monoisotopic (exact) mass is 544 g/mol. The summed E-state index contributed by atoms with van der Waals surface area (Å²) in [4.78, 5) is 6.46. The number of ether oxygens (including phenoxy) is 2. The lowest BCUT2D eigenvalue weighted by atomic mass is 9.56. The van der Waals surface area contributed by atoms with Gasteiger partial charge in [-0.1, -0.05) is 31.2 Å². The summed E-state index contributed by atoms with van der Waals surface area (Å²) in [5.74, 6) is -0.0616. The zero-order chi connectivity index (χ0) is 27.2. The number of rotatable bonds is 2. The molecule has 5 heterocycles. The molecule has 4 N–H and O–H groups in total. The molecule has 8 heteroatoms. The van der Waals surface area contributed by atoms with Gasteiger partial charge in [0.1, 0.15) is 17.8 Å². The molecule has 210 valence electrons. The minimum absolute atomic E-state index is 0.0104. The van der Waals surface area contributed by atoms with Crippen LogP contribution in [0.2, 0.25) is 0 Å². The molecule has 2 bridgehead atoms. The summed E-state index contributed by atoms with van der Waals surface area (Å²) in [6.45, 7) is 3.03. The van der Waals surface area contributed by atoms with Crippen LogP contribution >= 0.6 is 0 Å². The molecule has 1 aromatic heterocycles. The molecule has 1 aromatic carbocycles. The summed E-state index contributed by atoms with van der Waals surface area (Å²) < 4.78 is 13.6. The third-order valence-electron chi connectivity index (χ3n) is 12.1. The van der Waals surface area contributed by atoms with Crippen molar-refractivity contribution < 1.29 is 29.9 Å². The summed E-state index contributed by atoms with van der Waals surface area (Å²) in [6.07, 6.45) is 9.42. The first-order valence-corrected chi connectivity index (χ1v) is 14.8. The average molecular weight is 545 g/mol. The fourth-order valence-corrected chi connectivity index (χ4v) is 9.94. The Labute approximate surface area is 232 Å². The van der Waals surface area contributed by atoms with Crippen molar-refractivity contribution in [1.82, 2.24) is 9.88 Å². The molecule has 8 nitrogen and oxygen atoms in total. The molecule has 0 radical (unpaired) electrons. The highest BCUT2D eigenvalue weighted by molar-refractivity contribution is 5.82. The van der Waals surface area contributed by atoms with Crippen LogP contribution < -0.4 is 0 Å². The van der Waals surface area contributed by atoms with E-state index in [1.807, 2.05) is 30.5 Å². The van der Waals surface area contributed by atoms with Gasteiger partial charge < -0.3 is 29.9 Å². The van der Waals surface area contributed by atoms with Crippen LogP contribution in [0, 0.1) is 11.3 Å². The number of nitrogens with zero attached hydrogens (tertiary/aromatic N) is 2. The standard InChI is InChI=1S/C32H36N2O6/c1-29-6-4-19-11-21-27-28(39-27)22(34-15-23(35)24(36)16-34)13-30(21)7-8-31(19,40-30)25(29)12-26(37)32(29,38)20-3-2-17-5-9-33-14-18(17)10-20/h2-5,9-11,14,22-28,35-38H,6-8,12-13,15-16H2,1H3/t22-,23-,24-,25+,26+,27+,28?,29-,30+,31?,32+/m0/s1. The van der Waals surface area contributed by atoms with E-state index in [-0.39, 0.29) is 24.2 Å². The number of aliphatic hydroxyl groups excluding tert-OH is 3. The van der Waals surface area contributed by atoms with Gasteiger partial charge in [-0.2, -0.15) is 0 Å². The number of fused-ring (bicyclic) bond motifs is 4. The maximum absolute atomic E-state index is 12.5. The lowest BCUT2D eigenvalue weighted by molar-refractivity contribution is -0.175. The lowest BCUT2D eigenvalue weighted by Crippen LogP contribution is -2.59. The number of pyridine rings is 1. The van der Waals surface area contributed by atoms with Gasteiger partial charge in [0.2, 0.25) is 0 Å². The predicted molar refractivity (Wildman–Crippen MR) is 145 cm³/mol. The first kappa shape index (κ1) is 24.4. The number of likely N-dealkylation sites (tertiary alicyclic amines) is 1. The Morgan fingerprint density at radius 1 is 1.05 bits per heavy atom. The van der Waals surface area contributed by atoms with Gasteiger partial charge in [-0.05, 0) is 66.3 Å². The summed E-state index contributed by atoms with van der Waals surface area (Å²) in [5.41, 5.74) is 0.0520. The second kappa shape index (κ2) is 7.61. The highest BCUT2D eigenvalue weighted by Gasteiger charge is 2.75. The molecule has 7 aliphatic rings. The molecule has 3 saturated heterocycles. The van der Waals surface area contributed by atoms with Crippen LogP contribution in [-0.4, -0.2) is 91.2 Å². The van der Waals surface area contributed by atoms with Crippen molar-refractivity contribution >= 4 is 10.8 Å². The Kier molecular flexibility index (Phi) is 4.65. The molecule has 0 amide bonds. The second-order valence-corrected chi connectivity index (χ2v) is 13.8. The quantitative estimate of drug-likeness (QED) is 0.424. The van der Waals surface area contributed by atoms with Crippen molar-refractivity contribution in [2.75, 3.05) is 13.1 Å². The van der Waals surface area contributed by atoms with Crippen molar-refractivity contribution in [3.05, 3.63) is 65.5 Å². The number of aromatic nitrogens is 1. The predicted octanol–water partition coefficient (Wildman–Crippen LogP) is 1.94. The van der Waals surface area contributed by atoms with Gasteiger partial charge in [0.25, 0.3) is 0 Å². The Morgan fingerprint density at radius 3 is 2.70 bits per heavy atom. The van der Waals surface area contributed by atoms with Crippen LogP contribution in [0.5, 0.6) is 0 Å². The summed E-state index contributed by atoms with van der Waals surface area (Å²) in [5, 5.41) is 46.7. The van der Waals surface area contributed by atoms with Gasteiger partial charge in [0.15, 0.2) is 0 Å². The molecule has 4 aliphatic heterocycles. The van der Waals surface area contributed by atoms with E-state index in [4.69, 9.17) is 9.47 Å². The van der Waals surface area contributed by atoms with Crippen molar-refractivity contribution in [2.45, 2.75) is 92.4 Å².